The Morgan fingerprint density at radius 1 is 1.40 bits per heavy atom. The third-order valence-corrected chi connectivity index (χ3v) is 4.36. The molecule has 1 aliphatic rings. The van der Waals surface area contributed by atoms with E-state index in [0.717, 1.165) is 42.0 Å². The van der Waals surface area contributed by atoms with E-state index in [4.69, 9.17) is 4.74 Å². The van der Waals surface area contributed by atoms with Gasteiger partial charge in [-0.3, -0.25) is 0 Å². The van der Waals surface area contributed by atoms with E-state index in [1.54, 1.807) is 17.0 Å². The average molecular weight is 341 g/mol. The van der Waals surface area contributed by atoms with Crippen molar-refractivity contribution in [3.8, 4) is 0 Å². The topological polar surface area (TPSA) is 39.1 Å². The van der Waals surface area contributed by atoms with Crippen LogP contribution in [0.4, 0.5) is 4.39 Å². The van der Waals surface area contributed by atoms with Crippen molar-refractivity contribution in [1.29, 1.82) is 0 Å². The summed E-state index contributed by atoms with van der Waals surface area (Å²) in [7, 11) is 0. The number of allylic oxidation sites excluding steroid dienone is 2. The monoisotopic (exact) mass is 341 g/mol. The minimum atomic E-state index is -0.267. The van der Waals surface area contributed by atoms with E-state index in [1.165, 1.54) is 6.92 Å². The molecule has 1 fully saturated rings. The van der Waals surface area contributed by atoms with Gasteiger partial charge in [-0.05, 0) is 37.8 Å². The van der Waals surface area contributed by atoms with Gasteiger partial charge >= 0.3 is 0 Å². The van der Waals surface area contributed by atoms with Gasteiger partial charge in [0.1, 0.15) is 5.83 Å². The lowest BCUT2D eigenvalue weighted by atomic mass is 10.2. The van der Waals surface area contributed by atoms with Crippen LogP contribution in [0.5, 0.6) is 0 Å². The fraction of sp³-hybridized carbons (Fsp3) is 0.350. The largest absolute Gasteiger partial charge is 0.379 e. The molecule has 1 unspecified atom stereocenters. The molecule has 3 rings (SSSR count). The van der Waals surface area contributed by atoms with Crippen molar-refractivity contribution >= 4 is 12.7 Å². The van der Waals surface area contributed by atoms with E-state index in [2.05, 4.69) is 17.0 Å². The molecule has 1 saturated heterocycles. The van der Waals surface area contributed by atoms with Gasteiger partial charge in [0.2, 0.25) is 0 Å². The van der Waals surface area contributed by atoms with Gasteiger partial charge in [0.15, 0.2) is 6.23 Å². The van der Waals surface area contributed by atoms with Gasteiger partial charge in [-0.15, -0.1) is 0 Å². The van der Waals surface area contributed by atoms with Crippen LogP contribution < -0.4 is 15.9 Å². The maximum atomic E-state index is 14.0. The van der Waals surface area contributed by atoms with Crippen LogP contribution in [0.2, 0.25) is 0 Å². The van der Waals surface area contributed by atoms with Crippen LogP contribution >= 0.6 is 0 Å². The fourth-order valence-electron chi connectivity index (χ4n) is 2.91. The molecule has 1 aliphatic heterocycles. The number of benzene rings is 1. The Hall–Kier alpha value is -2.40. The molecular formula is C20H24FN3O. The molecule has 1 N–H and O–H groups in total. The molecular weight excluding hydrogens is 317 g/mol. The zero-order chi connectivity index (χ0) is 17.6. The van der Waals surface area contributed by atoms with E-state index < -0.39 is 0 Å². The predicted molar refractivity (Wildman–Crippen MR) is 97.4 cm³/mol. The lowest BCUT2D eigenvalue weighted by Crippen LogP contribution is -2.33. The first kappa shape index (κ1) is 17.4. The molecule has 2 aromatic rings. The van der Waals surface area contributed by atoms with Crippen LogP contribution in [0.3, 0.4) is 0 Å². The number of rotatable bonds is 5. The van der Waals surface area contributed by atoms with E-state index in [9.17, 15) is 4.39 Å². The lowest BCUT2D eigenvalue weighted by molar-refractivity contribution is -0.0412. The first-order valence-electron chi connectivity index (χ1n) is 8.65. The summed E-state index contributed by atoms with van der Waals surface area (Å²) in [6.07, 6.45) is 6.54. The van der Waals surface area contributed by atoms with Crippen molar-refractivity contribution in [3.05, 3.63) is 64.2 Å². The van der Waals surface area contributed by atoms with Crippen LogP contribution in [0.15, 0.2) is 48.1 Å². The maximum absolute atomic E-state index is 14.0. The van der Waals surface area contributed by atoms with Gasteiger partial charge in [-0.25, -0.2) is 9.07 Å². The Kier molecular flexibility index (Phi) is 5.66. The second kappa shape index (κ2) is 8.12. The Labute approximate surface area is 147 Å². The fourth-order valence-corrected chi connectivity index (χ4v) is 2.91. The number of ether oxygens (including phenoxy) is 1. The third kappa shape index (κ3) is 4.37. The van der Waals surface area contributed by atoms with Gasteiger partial charge in [0, 0.05) is 18.4 Å². The van der Waals surface area contributed by atoms with Crippen LogP contribution in [0.1, 0.15) is 38.0 Å². The van der Waals surface area contributed by atoms with Crippen molar-refractivity contribution in [2.75, 3.05) is 6.61 Å². The SMILES string of the molecule is C=c1/c(=C\C(NCc2ccccc2)=C(/C)F)cnn1C1CCCCO1. The zero-order valence-electron chi connectivity index (χ0n) is 14.5. The van der Waals surface area contributed by atoms with Crippen molar-refractivity contribution < 1.29 is 9.13 Å². The molecule has 4 nitrogen and oxygen atoms in total. The predicted octanol–water partition coefficient (Wildman–Crippen LogP) is 2.76. The first-order valence-corrected chi connectivity index (χ1v) is 8.65. The molecule has 1 aromatic heterocycles. The molecule has 0 saturated carbocycles. The second-order valence-electron chi connectivity index (χ2n) is 6.24. The van der Waals surface area contributed by atoms with Crippen molar-refractivity contribution in [2.45, 2.75) is 39.0 Å². The van der Waals surface area contributed by atoms with Gasteiger partial charge in [0.05, 0.1) is 17.2 Å². The molecule has 2 heterocycles. The number of hydrogen-bond donors (Lipinski definition) is 1. The smallest absolute Gasteiger partial charge is 0.150 e. The van der Waals surface area contributed by atoms with E-state index in [1.807, 2.05) is 30.3 Å². The molecule has 0 bridgehead atoms. The molecule has 0 amide bonds. The van der Waals surface area contributed by atoms with E-state index in [-0.39, 0.29) is 12.1 Å². The molecule has 1 atom stereocenters. The summed E-state index contributed by atoms with van der Waals surface area (Å²) < 4.78 is 21.5. The number of aromatic nitrogens is 2. The summed E-state index contributed by atoms with van der Waals surface area (Å²) >= 11 is 0. The summed E-state index contributed by atoms with van der Waals surface area (Å²) in [5.74, 6) is -0.267. The summed E-state index contributed by atoms with van der Waals surface area (Å²) in [6, 6.07) is 9.90. The summed E-state index contributed by atoms with van der Waals surface area (Å²) in [6.45, 7) is 6.85. The van der Waals surface area contributed by atoms with Crippen LogP contribution in [0.25, 0.3) is 12.7 Å². The number of nitrogens with zero attached hydrogens (tertiary/aromatic N) is 2. The van der Waals surface area contributed by atoms with E-state index in [0.29, 0.717) is 12.2 Å². The van der Waals surface area contributed by atoms with Crippen molar-refractivity contribution in [3.63, 3.8) is 0 Å². The van der Waals surface area contributed by atoms with Crippen LogP contribution in [0, 0.1) is 0 Å². The Balaban J connectivity index is 1.80. The summed E-state index contributed by atoms with van der Waals surface area (Å²) in [4.78, 5) is 0. The number of nitrogens with one attached hydrogen (secondary N) is 1. The first-order chi connectivity index (χ1) is 12.1. The Morgan fingerprint density at radius 3 is 2.88 bits per heavy atom. The minimum absolute atomic E-state index is 0.0698. The number of halogens is 1. The minimum Gasteiger partial charge on any atom is -0.379 e. The maximum Gasteiger partial charge on any atom is 0.150 e. The normalized spacial score (nSPS) is 19.6. The Bertz CT molecular complexity index is 832. The highest BCUT2D eigenvalue weighted by molar-refractivity contribution is 5.46. The molecule has 5 heteroatoms. The highest BCUT2D eigenvalue weighted by Gasteiger charge is 2.16. The van der Waals surface area contributed by atoms with Gasteiger partial charge in [-0.1, -0.05) is 36.9 Å². The summed E-state index contributed by atoms with van der Waals surface area (Å²) in [5, 5.41) is 9.08. The molecule has 0 spiro atoms. The molecule has 0 radical (unpaired) electrons. The average Bonchev–Trinajstić information content (AvgIpc) is 3.00. The quantitative estimate of drug-likeness (QED) is 0.909. The van der Waals surface area contributed by atoms with E-state index >= 15 is 0 Å². The summed E-state index contributed by atoms with van der Waals surface area (Å²) in [5.41, 5.74) is 1.54. The van der Waals surface area contributed by atoms with Gasteiger partial charge < -0.3 is 10.1 Å². The second-order valence-corrected chi connectivity index (χ2v) is 6.24. The lowest BCUT2D eigenvalue weighted by Gasteiger charge is -2.22. The van der Waals surface area contributed by atoms with Gasteiger partial charge in [-0.2, -0.15) is 5.10 Å². The molecule has 1 aromatic carbocycles. The van der Waals surface area contributed by atoms with Gasteiger partial charge in [0.25, 0.3) is 0 Å². The van der Waals surface area contributed by atoms with Crippen LogP contribution in [-0.4, -0.2) is 16.4 Å². The Morgan fingerprint density at radius 2 is 2.20 bits per heavy atom. The number of hydrogen-bond acceptors (Lipinski definition) is 3. The molecule has 25 heavy (non-hydrogen) atoms. The molecule has 132 valence electrons. The van der Waals surface area contributed by atoms with Crippen molar-refractivity contribution in [2.24, 2.45) is 0 Å². The molecule has 0 aliphatic carbocycles. The van der Waals surface area contributed by atoms with Crippen LogP contribution in [-0.2, 0) is 11.3 Å². The highest BCUT2D eigenvalue weighted by Crippen LogP contribution is 2.19. The third-order valence-electron chi connectivity index (χ3n) is 4.36. The zero-order valence-corrected chi connectivity index (χ0v) is 14.5. The highest BCUT2D eigenvalue weighted by atomic mass is 19.1. The van der Waals surface area contributed by atoms with Crippen molar-refractivity contribution in [1.82, 2.24) is 15.1 Å². The standard InChI is InChI=1S/C20H24FN3O/c1-15(21)19(22-13-17-8-4-3-5-9-17)12-18-14-23-24(16(18)2)20-10-6-7-11-25-20/h3-5,8-9,12,14,20,22H,2,6-7,10-11,13H2,1H3/b18-12-,19-15-.